The van der Waals surface area contributed by atoms with Gasteiger partial charge < -0.3 is 35.4 Å². The van der Waals surface area contributed by atoms with Crippen LogP contribution >= 0.6 is 11.6 Å². The zero-order chi connectivity index (χ0) is 51.5. The van der Waals surface area contributed by atoms with Crippen molar-refractivity contribution in [1.82, 2.24) is 30.2 Å². The second-order valence-electron chi connectivity index (χ2n) is 20.1. The summed E-state index contributed by atoms with van der Waals surface area (Å²) < 4.78 is 78.1. The zero-order valence-corrected chi connectivity index (χ0v) is 41.3. The number of anilines is 1. The smallest absolute Gasteiger partial charge is 0.329 e. The number of aryl methyl sites for hydroxylation is 1. The van der Waals surface area contributed by atoms with E-state index in [1.54, 1.807) is 7.05 Å². The van der Waals surface area contributed by atoms with Crippen molar-refractivity contribution >= 4 is 52.1 Å². The number of hydrogen-bond acceptors (Lipinski definition) is 10. The van der Waals surface area contributed by atoms with Gasteiger partial charge in [-0.1, -0.05) is 48.9 Å². The lowest BCUT2D eigenvalue weighted by atomic mass is 9.77. The van der Waals surface area contributed by atoms with Gasteiger partial charge >= 0.3 is 6.03 Å². The largest absolute Gasteiger partial charge is 0.488 e. The van der Waals surface area contributed by atoms with E-state index < -0.39 is 70.2 Å². The molecule has 15 nitrogen and oxygen atoms in total. The number of rotatable bonds is 14. The Labute approximate surface area is 423 Å². The molecule has 4 aromatic carbocycles. The van der Waals surface area contributed by atoms with Gasteiger partial charge in [0.15, 0.2) is 28.8 Å². The molecular weight excluding hydrogens is 972 g/mol. The molecule has 0 radical (unpaired) electrons. The number of benzene rings is 4. The van der Waals surface area contributed by atoms with E-state index in [1.165, 1.54) is 33.8 Å². The maximum absolute atomic E-state index is 16.5. The summed E-state index contributed by atoms with van der Waals surface area (Å²) in [5.74, 6) is -5.53. The predicted octanol–water partition coefficient (Wildman–Crippen LogP) is 7.24. The van der Waals surface area contributed by atoms with Crippen molar-refractivity contribution in [2.24, 2.45) is 24.6 Å². The van der Waals surface area contributed by atoms with Crippen LogP contribution in [0, 0.1) is 35.1 Å². The number of aliphatic hydroxyl groups excluding tert-OH is 1. The number of hydrogen-bond donors (Lipinski definition) is 4. The van der Waals surface area contributed by atoms with Crippen LogP contribution in [0.3, 0.4) is 0 Å². The third-order valence-corrected chi connectivity index (χ3v) is 16.1. The molecule has 5 aromatic rings. The van der Waals surface area contributed by atoms with Crippen LogP contribution in [-0.4, -0.2) is 114 Å². The van der Waals surface area contributed by atoms with Crippen molar-refractivity contribution in [3.63, 3.8) is 0 Å². The number of aromatic nitrogens is 2. The number of urea groups is 1. The lowest BCUT2D eigenvalue weighted by molar-refractivity contribution is -0.135. The number of fused-ring (bicyclic) bond motifs is 2. The van der Waals surface area contributed by atoms with Gasteiger partial charge in [0.2, 0.25) is 17.7 Å². The number of nitrogens with two attached hydrogens (primary N) is 1. The highest BCUT2D eigenvalue weighted by Gasteiger charge is 2.50. The number of amides is 5. The van der Waals surface area contributed by atoms with E-state index in [-0.39, 0.29) is 100 Å². The van der Waals surface area contributed by atoms with Crippen LogP contribution in [0.15, 0.2) is 54.6 Å². The predicted molar refractivity (Wildman–Crippen MR) is 263 cm³/mol. The van der Waals surface area contributed by atoms with Crippen LogP contribution in [0.2, 0.25) is 5.02 Å². The number of primary amides is 1. The molecule has 4 fully saturated rings. The first-order valence-electron chi connectivity index (χ1n) is 24.9. The van der Waals surface area contributed by atoms with Crippen LogP contribution < -0.4 is 30.7 Å². The van der Waals surface area contributed by atoms with Crippen molar-refractivity contribution in [2.75, 3.05) is 63.9 Å². The van der Waals surface area contributed by atoms with E-state index in [4.69, 9.17) is 26.8 Å². The fraction of sp³-hybridized carbons (Fsp3) is 0.453. The first-order valence-corrected chi connectivity index (χ1v) is 25.3. The minimum absolute atomic E-state index is 0.00298. The minimum atomic E-state index is -1.15. The fourth-order valence-electron chi connectivity index (χ4n) is 12.1. The van der Waals surface area contributed by atoms with Gasteiger partial charge in [0.25, 0.3) is 0 Å². The third kappa shape index (κ3) is 9.16. The number of halogens is 5. The van der Waals surface area contributed by atoms with E-state index in [1.807, 2.05) is 42.2 Å². The number of nitrogens with one attached hydrogen (secondary N) is 2. The lowest BCUT2D eigenvalue weighted by Crippen LogP contribution is -2.49. The molecule has 1 aliphatic carbocycles. The van der Waals surface area contributed by atoms with Gasteiger partial charge in [0.05, 0.1) is 22.6 Å². The summed E-state index contributed by atoms with van der Waals surface area (Å²) in [4.78, 5) is 56.5. The average molecular weight is 1030 g/mol. The molecular formula is C53H57ClF4N8O7. The molecule has 4 atom stereocenters. The minimum Gasteiger partial charge on any atom is -0.488 e. The Balaban J connectivity index is 0.774. The van der Waals surface area contributed by atoms with Gasteiger partial charge in [-0.2, -0.15) is 5.10 Å². The van der Waals surface area contributed by atoms with Crippen LogP contribution in [0.5, 0.6) is 11.5 Å². The van der Waals surface area contributed by atoms with E-state index in [0.717, 1.165) is 12.0 Å². The van der Waals surface area contributed by atoms with Gasteiger partial charge in [-0.25, -0.2) is 22.4 Å². The average Bonchev–Trinajstić information content (AvgIpc) is 4.17. The van der Waals surface area contributed by atoms with Gasteiger partial charge in [-0.05, 0) is 74.8 Å². The van der Waals surface area contributed by atoms with E-state index in [2.05, 4.69) is 20.6 Å². The highest BCUT2D eigenvalue weighted by Crippen LogP contribution is 2.56. The third-order valence-electron chi connectivity index (χ3n) is 15.8. The number of imide groups is 1. The fourth-order valence-corrected chi connectivity index (χ4v) is 12.3. The first kappa shape index (κ1) is 50.3. The maximum atomic E-state index is 16.5. The van der Waals surface area contributed by atoms with Gasteiger partial charge in [0.1, 0.15) is 29.5 Å². The van der Waals surface area contributed by atoms with Crippen molar-refractivity contribution in [2.45, 2.75) is 75.3 Å². The summed E-state index contributed by atoms with van der Waals surface area (Å²) in [6.45, 7) is 4.60. The summed E-state index contributed by atoms with van der Waals surface area (Å²) in [5, 5.41) is 19.4. The van der Waals surface area contributed by atoms with Crippen molar-refractivity contribution < 1.29 is 51.3 Å². The topological polar surface area (TPSA) is 185 Å². The van der Waals surface area contributed by atoms with Crippen LogP contribution in [-0.2, 0) is 22.2 Å². The first-order chi connectivity index (χ1) is 35.1. The Morgan fingerprint density at radius 2 is 1.71 bits per heavy atom. The molecule has 4 aliphatic heterocycles. The van der Waals surface area contributed by atoms with Gasteiger partial charge in [-0.15, -0.1) is 0 Å². The van der Waals surface area contributed by atoms with E-state index in [9.17, 15) is 24.3 Å². The standard InChI is InChI=1S/C53H57ClF4N8O7/c1-28-41-39(23-37(56)45(54)44(41)43-34(49(59)69)12-13-38(46(43)57)72-21-20-67)73-53(28,32-6-4-3-5-7-32)27-60-33-10-8-30(9-11-33)51(70)65-18-14-29(25-65)24-64-17-15-31(26-64)42-36(55)22-35-48(47(42)58)63(2)62-50(35)66-19-16-40(68)61-52(66)71/h3-7,12-13,22-23,28-31,33,60,67H,8-11,14-21,24-27H2,1-2H3,(H2,59,69)(H,61,68,71). The summed E-state index contributed by atoms with van der Waals surface area (Å²) in [6.07, 6.45) is 4.18. The van der Waals surface area contributed by atoms with E-state index in [0.29, 0.717) is 70.4 Å². The molecule has 20 heteroatoms. The summed E-state index contributed by atoms with van der Waals surface area (Å²) >= 11 is 6.71. The Morgan fingerprint density at radius 3 is 2.44 bits per heavy atom. The number of nitrogens with zero attached hydrogens (tertiary/aromatic N) is 5. The summed E-state index contributed by atoms with van der Waals surface area (Å²) in [7, 11) is 1.54. The number of ether oxygens (including phenoxy) is 2. The number of carbonyl (C=O) groups is 4. The molecule has 1 aromatic heterocycles. The molecule has 0 bridgehead atoms. The monoisotopic (exact) mass is 1030 g/mol. The van der Waals surface area contributed by atoms with E-state index >= 15 is 17.6 Å². The number of carbonyl (C=O) groups excluding carboxylic acids is 4. The molecule has 10 rings (SSSR count). The zero-order valence-electron chi connectivity index (χ0n) is 40.5. The normalized spacial score (nSPS) is 24.3. The molecule has 4 unspecified atom stereocenters. The van der Waals surface area contributed by atoms with Gasteiger partial charge in [-0.3, -0.25) is 29.3 Å². The molecule has 5 N–H and O–H groups in total. The van der Waals surface area contributed by atoms with Crippen LogP contribution in [0.1, 0.15) is 90.8 Å². The molecule has 5 heterocycles. The summed E-state index contributed by atoms with van der Waals surface area (Å²) in [5.41, 5.74) is 5.20. The molecule has 73 heavy (non-hydrogen) atoms. The molecule has 5 amide bonds. The highest BCUT2D eigenvalue weighted by atomic mass is 35.5. The Bertz CT molecular complexity index is 3010. The summed E-state index contributed by atoms with van der Waals surface area (Å²) in [6, 6.07) is 13.7. The molecule has 0 spiro atoms. The lowest BCUT2D eigenvalue weighted by Gasteiger charge is -2.37. The van der Waals surface area contributed by atoms with Crippen LogP contribution in [0.4, 0.5) is 28.2 Å². The Hall–Kier alpha value is -6.28. The highest BCUT2D eigenvalue weighted by molar-refractivity contribution is 6.34. The van der Waals surface area contributed by atoms with Crippen molar-refractivity contribution in [3.8, 4) is 22.6 Å². The molecule has 5 aliphatic rings. The molecule has 3 saturated heterocycles. The Morgan fingerprint density at radius 1 is 0.945 bits per heavy atom. The second-order valence-corrected chi connectivity index (χ2v) is 20.5. The van der Waals surface area contributed by atoms with Crippen LogP contribution in [0.25, 0.3) is 22.0 Å². The second kappa shape index (κ2) is 20.2. The van der Waals surface area contributed by atoms with Crippen molar-refractivity contribution in [3.05, 3.63) is 105 Å². The maximum Gasteiger partial charge on any atom is 0.329 e. The molecule has 386 valence electrons. The quantitative estimate of drug-likeness (QED) is 0.0827. The van der Waals surface area contributed by atoms with Gasteiger partial charge in [0, 0.05) is 105 Å². The van der Waals surface area contributed by atoms with Crippen molar-refractivity contribution in [1.29, 1.82) is 0 Å². The Kier molecular flexibility index (Phi) is 13.9. The number of likely N-dealkylation sites (tertiary alicyclic amines) is 2. The number of aliphatic hydroxyl groups is 1. The molecule has 1 saturated carbocycles. The SMILES string of the molecule is CC1c2c(cc(F)c(Cl)c2-c2c(C(N)=O)ccc(OCCO)c2F)OC1(CNC1CCC(C(=O)N2CCC(CN3CCC(c4c(F)cc5c(N6CCC(=O)NC6=O)nn(C)c5c4F)C3)C2)CC1)c1ccccc1.